The Kier molecular flexibility index (Phi) is 6.27. The lowest BCUT2D eigenvalue weighted by atomic mass is 9.82. The number of para-hydroxylation sites is 1. The highest BCUT2D eigenvalue weighted by Crippen LogP contribution is 2.49. The van der Waals surface area contributed by atoms with Gasteiger partial charge in [0.25, 0.3) is 5.91 Å². The second-order valence-electron chi connectivity index (χ2n) is 7.33. The number of primary amides is 1. The number of nitrogens with two attached hydrogens (primary N) is 2. The van der Waals surface area contributed by atoms with Crippen molar-refractivity contribution in [3.63, 3.8) is 0 Å². The molecule has 10 nitrogen and oxygen atoms in total. The van der Waals surface area contributed by atoms with Gasteiger partial charge in [0, 0.05) is 11.1 Å². The number of aromatic nitrogens is 2. The van der Waals surface area contributed by atoms with E-state index in [-0.39, 0.29) is 29.7 Å². The molecule has 5 N–H and O–H groups in total. The van der Waals surface area contributed by atoms with Crippen LogP contribution in [0.4, 0.5) is 0 Å². The standard InChI is InChI=1S/C24H23N5O5/c1-3-32-14-9-7-13(8-10-14)21-20-19(16(11-25)23(27)34-24(20)29-28-21)15-5-4-6-17(31-2)22(15)33-12-18(26)30/h4-10,19H,3,12,27H2,1-2H3,(H2,26,30)(H,28,29). The monoisotopic (exact) mass is 461 g/mol. The summed E-state index contributed by atoms with van der Waals surface area (Å²) in [6, 6.07) is 14.8. The van der Waals surface area contributed by atoms with Crippen LogP contribution < -0.4 is 30.4 Å². The minimum atomic E-state index is -0.716. The Morgan fingerprint density at radius 2 is 2.00 bits per heavy atom. The van der Waals surface area contributed by atoms with Gasteiger partial charge in [-0.25, -0.2) is 0 Å². The van der Waals surface area contributed by atoms with Crippen molar-refractivity contribution in [3.05, 3.63) is 65.0 Å². The third kappa shape index (κ3) is 4.06. The topological polar surface area (TPSA) is 158 Å². The number of nitrogens with zero attached hydrogens (tertiary/aromatic N) is 2. The molecule has 2 aromatic carbocycles. The second-order valence-corrected chi connectivity index (χ2v) is 7.33. The molecular formula is C24H23N5O5. The van der Waals surface area contributed by atoms with Gasteiger partial charge in [-0.2, -0.15) is 5.26 Å². The quantitative estimate of drug-likeness (QED) is 0.462. The van der Waals surface area contributed by atoms with Gasteiger partial charge in [0.05, 0.1) is 30.9 Å². The Morgan fingerprint density at radius 1 is 1.24 bits per heavy atom. The summed E-state index contributed by atoms with van der Waals surface area (Å²) in [6.07, 6.45) is 0. The first kappa shape index (κ1) is 22.5. The second kappa shape index (κ2) is 9.46. The Bertz CT molecular complexity index is 1290. The smallest absolute Gasteiger partial charge is 0.255 e. The number of ether oxygens (including phenoxy) is 4. The van der Waals surface area contributed by atoms with Crippen molar-refractivity contribution in [2.45, 2.75) is 12.8 Å². The van der Waals surface area contributed by atoms with Crippen LogP contribution in [0, 0.1) is 11.3 Å². The van der Waals surface area contributed by atoms with E-state index in [1.54, 1.807) is 18.2 Å². The SMILES string of the molecule is CCOc1ccc(-c2[nH]nc3c2C(c2cccc(OC)c2OCC(N)=O)C(C#N)=C(N)O3)cc1. The number of hydrogen-bond acceptors (Lipinski definition) is 8. The van der Waals surface area contributed by atoms with Gasteiger partial charge in [0.15, 0.2) is 18.1 Å². The first-order valence-corrected chi connectivity index (χ1v) is 10.5. The van der Waals surface area contributed by atoms with Crippen LogP contribution >= 0.6 is 0 Å². The first-order valence-electron chi connectivity index (χ1n) is 10.5. The van der Waals surface area contributed by atoms with E-state index in [0.29, 0.717) is 29.2 Å². The number of methoxy groups -OCH3 is 1. The van der Waals surface area contributed by atoms with Crippen molar-refractivity contribution in [1.29, 1.82) is 5.26 Å². The van der Waals surface area contributed by atoms with E-state index >= 15 is 0 Å². The van der Waals surface area contributed by atoms with Gasteiger partial charge >= 0.3 is 0 Å². The van der Waals surface area contributed by atoms with E-state index in [0.717, 1.165) is 11.3 Å². The molecule has 4 rings (SSSR count). The molecular weight excluding hydrogens is 438 g/mol. The maximum atomic E-state index is 11.4. The van der Waals surface area contributed by atoms with Crippen LogP contribution in [0.5, 0.6) is 23.1 Å². The predicted molar refractivity (Wildman–Crippen MR) is 122 cm³/mol. The lowest BCUT2D eigenvalue weighted by Crippen LogP contribution is -2.23. The Hall–Kier alpha value is -4.65. The number of benzene rings is 2. The van der Waals surface area contributed by atoms with Gasteiger partial charge in [-0.1, -0.05) is 12.1 Å². The van der Waals surface area contributed by atoms with Crippen molar-refractivity contribution in [2.24, 2.45) is 11.5 Å². The molecule has 0 saturated carbocycles. The number of rotatable bonds is 8. The molecule has 3 aromatic rings. The van der Waals surface area contributed by atoms with Crippen LogP contribution in [0.1, 0.15) is 24.0 Å². The third-order valence-corrected chi connectivity index (χ3v) is 5.29. The highest BCUT2D eigenvalue weighted by molar-refractivity contribution is 5.76. The number of fused-ring (bicyclic) bond motifs is 1. The third-order valence-electron chi connectivity index (χ3n) is 5.29. The van der Waals surface area contributed by atoms with E-state index in [1.807, 2.05) is 31.2 Å². The van der Waals surface area contributed by atoms with Crippen LogP contribution in [0.3, 0.4) is 0 Å². The van der Waals surface area contributed by atoms with Crippen LogP contribution in [0.2, 0.25) is 0 Å². The maximum Gasteiger partial charge on any atom is 0.255 e. The van der Waals surface area contributed by atoms with Crippen molar-refractivity contribution < 1.29 is 23.7 Å². The minimum Gasteiger partial charge on any atom is -0.494 e. The number of carbonyl (C=O) groups excluding carboxylic acids is 1. The molecule has 1 aromatic heterocycles. The highest BCUT2D eigenvalue weighted by Gasteiger charge is 2.38. The van der Waals surface area contributed by atoms with Gasteiger partial charge in [0.1, 0.15) is 17.4 Å². The van der Waals surface area contributed by atoms with Gasteiger partial charge < -0.3 is 30.4 Å². The van der Waals surface area contributed by atoms with Crippen molar-refractivity contribution in [1.82, 2.24) is 10.2 Å². The van der Waals surface area contributed by atoms with E-state index in [2.05, 4.69) is 16.3 Å². The molecule has 1 unspecified atom stereocenters. The number of amides is 1. The lowest BCUT2D eigenvalue weighted by Gasteiger charge is -2.26. The number of nitriles is 1. The molecule has 174 valence electrons. The molecule has 0 bridgehead atoms. The predicted octanol–water partition coefficient (Wildman–Crippen LogP) is 2.57. The molecule has 0 saturated heterocycles. The van der Waals surface area contributed by atoms with E-state index < -0.39 is 11.8 Å². The van der Waals surface area contributed by atoms with E-state index in [1.165, 1.54) is 7.11 Å². The molecule has 0 aliphatic carbocycles. The summed E-state index contributed by atoms with van der Waals surface area (Å²) in [6.45, 7) is 2.09. The Balaban J connectivity index is 1.90. The fourth-order valence-corrected chi connectivity index (χ4v) is 3.88. The number of H-pyrrole nitrogens is 1. The Morgan fingerprint density at radius 3 is 2.65 bits per heavy atom. The summed E-state index contributed by atoms with van der Waals surface area (Å²) >= 11 is 0. The minimum absolute atomic E-state index is 0.0755. The number of aromatic amines is 1. The molecule has 1 aliphatic rings. The highest BCUT2D eigenvalue weighted by atomic mass is 16.5. The molecule has 1 atom stereocenters. The summed E-state index contributed by atoms with van der Waals surface area (Å²) in [7, 11) is 1.48. The van der Waals surface area contributed by atoms with Crippen LogP contribution in [-0.4, -0.2) is 36.4 Å². The number of hydrogen-bond donors (Lipinski definition) is 3. The fraction of sp³-hybridized carbons (Fsp3) is 0.208. The molecule has 1 amide bonds. The zero-order chi connectivity index (χ0) is 24.2. The van der Waals surface area contributed by atoms with Crippen molar-refractivity contribution in [2.75, 3.05) is 20.3 Å². The van der Waals surface area contributed by atoms with Crippen LogP contribution in [0.25, 0.3) is 11.3 Å². The summed E-state index contributed by atoms with van der Waals surface area (Å²) in [5.74, 6) is 0.145. The molecule has 2 heterocycles. The summed E-state index contributed by atoms with van der Waals surface area (Å²) in [5.41, 5.74) is 14.1. The summed E-state index contributed by atoms with van der Waals surface area (Å²) < 4.78 is 22.4. The average Bonchev–Trinajstić information content (AvgIpc) is 3.25. The maximum absolute atomic E-state index is 11.4. The summed E-state index contributed by atoms with van der Waals surface area (Å²) in [5, 5.41) is 17.3. The average molecular weight is 461 g/mol. The zero-order valence-corrected chi connectivity index (χ0v) is 18.6. The zero-order valence-electron chi connectivity index (χ0n) is 18.6. The molecule has 34 heavy (non-hydrogen) atoms. The normalized spacial score (nSPS) is 14.6. The van der Waals surface area contributed by atoms with Crippen LogP contribution in [-0.2, 0) is 4.79 Å². The fourth-order valence-electron chi connectivity index (χ4n) is 3.88. The van der Waals surface area contributed by atoms with Gasteiger partial charge in [-0.3, -0.25) is 9.89 Å². The van der Waals surface area contributed by atoms with Gasteiger partial charge in [-0.05, 0) is 37.3 Å². The van der Waals surface area contributed by atoms with Crippen molar-refractivity contribution in [3.8, 4) is 40.5 Å². The number of carbonyl (C=O) groups is 1. The molecule has 0 radical (unpaired) electrons. The van der Waals surface area contributed by atoms with E-state index in [4.69, 9.17) is 30.4 Å². The summed E-state index contributed by atoms with van der Waals surface area (Å²) in [4.78, 5) is 11.4. The first-order chi connectivity index (χ1) is 16.5. The van der Waals surface area contributed by atoms with Gasteiger partial charge in [-0.15, -0.1) is 5.10 Å². The molecule has 10 heteroatoms. The largest absolute Gasteiger partial charge is 0.494 e. The lowest BCUT2D eigenvalue weighted by molar-refractivity contribution is -0.119. The van der Waals surface area contributed by atoms with E-state index in [9.17, 15) is 10.1 Å². The molecule has 1 aliphatic heterocycles. The molecule has 0 fully saturated rings. The number of allylic oxidation sites excluding steroid dienone is 1. The van der Waals surface area contributed by atoms with Crippen molar-refractivity contribution >= 4 is 5.91 Å². The molecule has 0 spiro atoms. The van der Waals surface area contributed by atoms with Gasteiger partial charge in [0.2, 0.25) is 11.8 Å². The Labute approximate surface area is 195 Å². The van der Waals surface area contributed by atoms with Crippen LogP contribution in [0.15, 0.2) is 53.9 Å². The number of nitrogens with one attached hydrogen (secondary N) is 1.